The lowest BCUT2D eigenvalue weighted by Crippen LogP contribution is -1.90. The van der Waals surface area contributed by atoms with E-state index in [1.807, 2.05) is 0 Å². The molecule has 0 heterocycles. The molecule has 0 N–H and O–H groups in total. The average Bonchev–Trinajstić information content (AvgIpc) is 2.37. The van der Waals surface area contributed by atoms with Gasteiger partial charge in [0, 0.05) is 5.03 Å². The number of allylic oxidation sites excluding steroid dienone is 1. The van der Waals surface area contributed by atoms with Crippen LogP contribution in [0.2, 0.25) is 0 Å². The van der Waals surface area contributed by atoms with Crippen LogP contribution in [0.15, 0.2) is 11.4 Å². The molecule has 0 amide bonds. The molecule has 0 atom stereocenters. The largest absolute Gasteiger partial charge is 0.214 e. The molecular weight excluding hydrogens is 139 g/mol. The molecule has 0 aromatic heterocycles. The van der Waals surface area contributed by atoms with Crippen molar-refractivity contribution in [3.8, 4) is 0 Å². The third-order valence-corrected chi connectivity index (χ3v) is 2.24. The Balaban J connectivity index is 2.42. The molecule has 1 fully saturated rings. The third-order valence-electron chi connectivity index (χ3n) is 1.85. The van der Waals surface area contributed by atoms with Crippen LogP contribution in [0.4, 0.5) is 4.39 Å². The van der Waals surface area contributed by atoms with E-state index in [4.69, 9.17) is 11.6 Å². The SMILES string of the molecule is F/C=C(\Cl)C1CCCC1. The van der Waals surface area contributed by atoms with Crippen molar-refractivity contribution in [2.24, 2.45) is 5.92 Å². The molecule has 0 nitrogen and oxygen atoms in total. The van der Waals surface area contributed by atoms with E-state index in [0.717, 1.165) is 12.8 Å². The van der Waals surface area contributed by atoms with Crippen LogP contribution in [0.5, 0.6) is 0 Å². The lowest BCUT2D eigenvalue weighted by atomic mass is 10.1. The minimum atomic E-state index is 0.330. The molecule has 1 rings (SSSR count). The molecule has 0 unspecified atom stereocenters. The fraction of sp³-hybridized carbons (Fsp3) is 0.714. The number of halogens is 2. The topological polar surface area (TPSA) is 0 Å². The van der Waals surface area contributed by atoms with Crippen molar-refractivity contribution in [2.75, 3.05) is 0 Å². The zero-order valence-corrected chi connectivity index (χ0v) is 5.99. The fourth-order valence-corrected chi connectivity index (χ4v) is 1.51. The van der Waals surface area contributed by atoms with E-state index >= 15 is 0 Å². The van der Waals surface area contributed by atoms with Gasteiger partial charge in [-0.3, -0.25) is 0 Å². The van der Waals surface area contributed by atoms with Gasteiger partial charge in [-0.1, -0.05) is 24.4 Å². The summed E-state index contributed by atoms with van der Waals surface area (Å²) in [6.45, 7) is 0. The highest BCUT2D eigenvalue weighted by Crippen LogP contribution is 2.32. The van der Waals surface area contributed by atoms with Gasteiger partial charge in [0.1, 0.15) is 6.33 Å². The maximum Gasteiger partial charge on any atom is 0.101 e. The average molecular weight is 149 g/mol. The smallest absolute Gasteiger partial charge is 0.101 e. The molecule has 1 aliphatic carbocycles. The molecular formula is C7H10ClF. The molecule has 0 radical (unpaired) electrons. The van der Waals surface area contributed by atoms with Gasteiger partial charge in [0.05, 0.1) is 0 Å². The minimum Gasteiger partial charge on any atom is -0.214 e. The molecule has 1 aliphatic rings. The highest BCUT2D eigenvalue weighted by molar-refractivity contribution is 6.29. The quantitative estimate of drug-likeness (QED) is 0.536. The first-order valence-electron chi connectivity index (χ1n) is 3.30. The normalized spacial score (nSPS) is 23.1. The summed E-state index contributed by atoms with van der Waals surface area (Å²) < 4.78 is 11.7. The Morgan fingerprint density at radius 3 is 2.44 bits per heavy atom. The van der Waals surface area contributed by atoms with Gasteiger partial charge in [0.25, 0.3) is 0 Å². The molecule has 9 heavy (non-hydrogen) atoms. The Morgan fingerprint density at radius 1 is 1.44 bits per heavy atom. The summed E-state index contributed by atoms with van der Waals surface area (Å²) in [6, 6.07) is 0. The van der Waals surface area contributed by atoms with Gasteiger partial charge in [-0.2, -0.15) is 0 Å². The number of hydrogen-bond donors (Lipinski definition) is 0. The summed E-state index contributed by atoms with van der Waals surface area (Å²) in [6.07, 6.45) is 5.07. The Kier molecular flexibility index (Phi) is 2.52. The molecule has 0 saturated heterocycles. The van der Waals surface area contributed by atoms with Crippen LogP contribution in [0.3, 0.4) is 0 Å². The summed E-state index contributed by atoms with van der Waals surface area (Å²) in [5, 5.41) is 0.410. The molecule has 0 aromatic carbocycles. The number of rotatable bonds is 1. The Morgan fingerprint density at radius 2 is 2.00 bits per heavy atom. The van der Waals surface area contributed by atoms with Gasteiger partial charge in [-0.15, -0.1) is 0 Å². The summed E-state index contributed by atoms with van der Waals surface area (Å²) >= 11 is 5.56. The zero-order valence-electron chi connectivity index (χ0n) is 5.24. The third kappa shape index (κ3) is 1.68. The maximum absolute atomic E-state index is 11.7. The highest BCUT2D eigenvalue weighted by Gasteiger charge is 2.17. The van der Waals surface area contributed by atoms with Crippen LogP contribution < -0.4 is 0 Å². The number of hydrogen-bond acceptors (Lipinski definition) is 0. The van der Waals surface area contributed by atoms with Crippen molar-refractivity contribution < 1.29 is 4.39 Å². The summed E-state index contributed by atoms with van der Waals surface area (Å²) in [5.41, 5.74) is 0. The van der Waals surface area contributed by atoms with Gasteiger partial charge < -0.3 is 0 Å². The van der Waals surface area contributed by atoms with Gasteiger partial charge in [0.2, 0.25) is 0 Å². The lowest BCUT2D eigenvalue weighted by Gasteiger charge is -2.02. The second-order valence-electron chi connectivity index (χ2n) is 2.48. The molecule has 0 spiro atoms. The first-order chi connectivity index (χ1) is 4.34. The van der Waals surface area contributed by atoms with Crippen LogP contribution in [-0.2, 0) is 0 Å². The Hall–Kier alpha value is -0.0400. The predicted octanol–water partition coefficient (Wildman–Crippen LogP) is 3.23. The molecule has 52 valence electrons. The second kappa shape index (κ2) is 3.21. The summed E-state index contributed by atoms with van der Waals surface area (Å²) in [5.74, 6) is 0.330. The summed E-state index contributed by atoms with van der Waals surface area (Å²) in [7, 11) is 0. The fourth-order valence-electron chi connectivity index (χ4n) is 1.29. The molecule has 1 saturated carbocycles. The standard InChI is InChI=1S/C7H10ClF/c8-7(5-9)6-3-1-2-4-6/h5-6H,1-4H2/b7-5-. The van der Waals surface area contributed by atoms with E-state index in [2.05, 4.69) is 0 Å². The van der Waals surface area contributed by atoms with Crippen molar-refractivity contribution in [3.63, 3.8) is 0 Å². The first-order valence-corrected chi connectivity index (χ1v) is 3.68. The molecule has 0 aromatic rings. The van der Waals surface area contributed by atoms with E-state index in [0.29, 0.717) is 17.3 Å². The van der Waals surface area contributed by atoms with Crippen molar-refractivity contribution in [1.29, 1.82) is 0 Å². The molecule has 0 aliphatic heterocycles. The van der Waals surface area contributed by atoms with Gasteiger partial charge in [-0.05, 0) is 18.8 Å². The molecule has 2 heteroatoms. The van der Waals surface area contributed by atoms with E-state index < -0.39 is 0 Å². The monoisotopic (exact) mass is 148 g/mol. The van der Waals surface area contributed by atoms with Crippen molar-refractivity contribution in [1.82, 2.24) is 0 Å². The van der Waals surface area contributed by atoms with Crippen LogP contribution in [0, 0.1) is 5.92 Å². The maximum atomic E-state index is 11.7. The van der Waals surface area contributed by atoms with Crippen LogP contribution in [0.1, 0.15) is 25.7 Å². The van der Waals surface area contributed by atoms with Crippen LogP contribution in [0.25, 0.3) is 0 Å². The van der Waals surface area contributed by atoms with E-state index in [1.165, 1.54) is 12.8 Å². The van der Waals surface area contributed by atoms with Crippen molar-refractivity contribution in [2.45, 2.75) is 25.7 Å². The lowest BCUT2D eigenvalue weighted by molar-refractivity contribution is 0.633. The van der Waals surface area contributed by atoms with Crippen LogP contribution >= 0.6 is 11.6 Å². The summed E-state index contributed by atoms with van der Waals surface area (Å²) in [4.78, 5) is 0. The van der Waals surface area contributed by atoms with Crippen molar-refractivity contribution in [3.05, 3.63) is 11.4 Å². The Labute approximate surface area is 59.7 Å². The molecule has 0 bridgehead atoms. The van der Waals surface area contributed by atoms with E-state index in [9.17, 15) is 4.39 Å². The zero-order chi connectivity index (χ0) is 6.69. The predicted molar refractivity (Wildman–Crippen MR) is 37.0 cm³/mol. The van der Waals surface area contributed by atoms with E-state index in [1.54, 1.807) is 0 Å². The van der Waals surface area contributed by atoms with Gasteiger partial charge in [0.15, 0.2) is 0 Å². The van der Waals surface area contributed by atoms with Crippen molar-refractivity contribution >= 4 is 11.6 Å². The first kappa shape index (κ1) is 7.07. The minimum absolute atomic E-state index is 0.330. The van der Waals surface area contributed by atoms with Gasteiger partial charge >= 0.3 is 0 Å². The highest BCUT2D eigenvalue weighted by atomic mass is 35.5. The second-order valence-corrected chi connectivity index (χ2v) is 2.91. The van der Waals surface area contributed by atoms with E-state index in [-0.39, 0.29) is 0 Å². The Bertz CT molecular complexity index is 114. The van der Waals surface area contributed by atoms with Crippen LogP contribution in [-0.4, -0.2) is 0 Å². The van der Waals surface area contributed by atoms with Gasteiger partial charge in [-0.25, -0.2) is 4.39 Å².